The molecule has 0 atom stereocenters. The lowest BCUT2D eigenvalue weighted by atomic mass is 10.0. The molecule has 0 aliphatic heterocycles. The summed E-state index contributed by atoms with van der Waals surface area (Å²) in [5.41, 5.74) is 3.97. The van der Waals surface area contributed by atoms with Crippen molar-refractivity contribution in [1.29, 1.82) is 0 Å². The molecule has 2 N–H and O–H groups in total. The second-order valence-electron chi connectivity index (χ2n) is 19.4. The zero-order valence-corrected chi connectivity index (χ0v) is 43.1. The van der Waals surface area contributed by atoms with E-state index < -0.39 is 12.2 Å². The highest BCUT2D eigenvalue weighted by molar-refractivity contribution is 6.01. The molecule has 376 valence electrons. The number of hydrogen-bond donors (Lipinski definition) is 2. The monoisotopic (exact) mass is 947 g/mol. The van der Waals surface area contributed by atoms with Gasteiger partial charge < -0.3 is 9.47 Å². The molecule has 0 saturated heterocycles. The van der Waals surface area contributed by atoms with Crippen LogP contribution in [0.2, 0.25) is 0 Å². The molecule has 6 aromatic carbocycles. The van der Waals surface area contributed by atoms with Gasteiger partial charge in [0.15, 0.2) is 0 Å². The van der Waals surface area contributed by atoms with Gasteiger partial charge in [0.2, 0.25) is 0 Å². The molecule has 0 radical (unpaired) electrons. The Morgan fingerprint density at radius 1 is 0.343 bits per heavy atom. The summed E-state index contributed by atoms with van der Waals surface area (Å²) in [6.45, 7) is 4.56. The van der Waals surface area contributed by atoms with E-state index in [9.17, 15) is 9.59 Å². The van der Waals surface area contributed by atoms with Gasteiger partial charge in [0.1, 0.15) is 11.5 Å². The van der Waals surface area contributed by atoms with Crippen molar-refractivity contribution in [2.75, 3.05) is 10.6 Å². The first-order valence-corrected chi connectivity index (χ1v) is 27.6. The van der Waals surface area contributed by atoms with E-state index in [0.29, 0.717) is 11.5 Å². The molecule has 6 rings (SSSR count). The highest BCUT2D eigenvalue weighted by atomic mass is 16.6. The molecule has 2 amide bonds. The molecule has 0 aliphatic rings. The fourth-order valence-electron chi connectivity index (χ4n) is 9.38. The molecule has 0 spiro atoms. The fraction of sp³-hybridized carbons (Fsp3) is 0.469. The summed E-state index contributed by atoms with van der Waals surface area (Å²) in [5.74, 6) is 1.19. The maximum absolute atomic E-state index is 12.5. The predicted molar refractivity (Wildman–Crippen MR) is 299 cm³/mol. The SMILES string of the molecule is CCCCCCCCCCCCCCCc1cccc(OC(=O)Nc2cccc3ccccc23)c1.CCCCCCCCCCCCCCCc1cccc(OC(=O)Nc2cccc3ccccc23)c1. The van der Waals surface area contributed by atoms with Crippen LogP contribution in [0, 0.1) is 0 Å². The molecule has 0 heterocycles. The third-order valence-electron chi connectivity index (χ3n) is 13.4. The highest BCUT2D eigenvalue weighted by Gasteiger charge is 2.10. The maximum Gasteiger partial charge on any atom is 0.417 e. The zero-order chi connectivity index (χ0) is 49.1. The Labute approximate surface area is 422 Å². The van der Waals surface area contributed by atoms with E-state index in [4.69, 9.17) is 9.47 Å². The standard InChI is InChI=1S/2C32H43NO2/c2*1-2-3-4-5-6-7-8-9-10-11-12-13-14-19-27-20-17-23-29(26-27)35-32(34)33-31-25-18-22-28-21-15-16-24-30(28)31/h2*15-18,20-26H,2-14,19H2,1H3,(H,33,34). The third-order valence-corrected chi connectivity index (χ3v) is 13.4. The van der Waals surface area contributed by atoms with E-state index in [-0.39, 0.29) is 0 Å². The lowest BCUT2D eigenvalue weighted by Crippen LogP contribution is -2.17. The van der Waals surface area contributed by atoms with Crippen molar-refractivity contribution < 1.29 is 19.1 Å². The fourth-order valence-corrected chi connectivity index (χ4v) is 9.38. The van der Waals surface area contributed by atoms with Crippen molar-refractivity contribution in [2.45, 2.75) is 194 Å². The van der Waals surface area contributed by atoms with Crippen LogP contribution < -0.4 is 20.1 Å². The molecule has 6 heteroatoms. The molecule has 0 bridgehead atoms. The minimum absolute atomic E-state index is 0.459. The molecule has 6 nitrogen and oxygen atoms in total. The van der Waals surface area contributed by atoms with Crippen LogP contribution in [0.5, 0.6) is 11.5 Å². The molecule has 0 aliphatic carbocycles. The minimum atomic E-state index is -0.459. The van der Waals surface area contributed by atoms with Gasteiger partial charge in [-0.15, -0.1) is 0 Å². The largest absolute Gasteiger partial charge is 0.417 e. The van der Waals surface area contributed by atoms with Crippen molar-refractivity contribution in [1.82, 2.24) is 0 Å². The van der Waals surface area contributed by atoms with Crippen LogP contribution in [-0.4, -0.2) is 12.2 Å². The molecule has 0 aromatic heterocycles. The number of nitrogens with one attached hydrogen (secondary N) is 2. The second kappa shape index (κ2) is 34.6. The normalized spacial score (nSPS) is 11.0. The van der Waals surface area contributed by atoms with E-state index in [2.05, 4.69) is 36.6 Å². The Morgan fingerprint density at radius 3 is 1.00 bits per heavy atom. The molecular formula is C64H86N2O4. The van der Waals surface area contributed by atoms with Crippen LogP contribution in [0.15, 0.2) is 133 Å². The Morgan fingerprint density at radius 2 is 0.643 bits per heavy atom. The summed E-state index contributed by atoms with van der Waals surface area (Å²) in [5, 5.41) is 9.96. The molecule has 0 unspecified atom stereocenters. The van der Waals surface area contributed by atoms with Crippen molar-refractivity contribution in [3.05, 3.63) is 145 Å². The topological polar surface area (TPSA) is 76.7 Å². The van der Waals surface area contributed by atoms with Gasteiger partial charge in [-0.2, -0.15) is 0 Å². The highest BCUT2D eigenvalue weighted by Crippen LogP contribution is 2.26. The van der Waals surface area contributed by atoms with Crippen LogP contribution in [0.25, 0.3) is 21.5 Å². The number of ether oxygens (including phenoxy) is 2. The van der Waals surface area contributed by atoms with Gasteiger partial charge in [-0.3, -0.25) is 10.6 Å². The summed E-state index contributed by atoms with van der Waals surface area (Å²) in [6.07, 6.45) is 36.6. The van der Waals surface area contributed by atoms with Crippen molar-refractivity contribution in [3.8, 4) is 11.5 Å². The minimum Gasteiger partial charge on any atom is -0.410 e. The number of carbonyl (C=O) groups excluding carboxylic acids is 2. The number of fused-ring (bicyclic) bond motifs is 2. The average Bonchev–Trinajstić information content (AvgIpc) is 3.37. The summed E-state index contributed by atoms with van der Waals surface area (Å²) >= 11 is 0. The molecule has 70 heavy (non-hydrogen) atoms. The predicted octanol–water partition coefficient (Wildman–Crippen LogP) is 20.2. The van der Waals surface area contributed by atoms with E-state index in [1.54, 1.807) is 0 Å². The lowest BCUT2D eigenvalue weighted by Gasteiger charge is -2.10. The van der Waals surface area contributed by atoms with E-state index in [0.717, 1.165) is 45.8 Å². The number of benzene rings is 6. The lowest BCUT2D eigenvalue weighted by molar-refractivity contribution is 0.214. The Balaban J connectivity index is 0.000000261. The summed E-state index contributed by atoms with van der Waals surface area (Å²) in [6, 6.07) is 43.6. The van der Waals surface area contributed by atoms with E-state index >= 15 is 0 Å². The number of hydrogen-bond acceptors (Lipinski definition) is 4. The van der Waals surface area contributed by atoms with Gasteiger partial charge in [0.05, 0.1) is 11.4 Å². The molecule has 0 saturated carbocycles. The van der Waals surface area contributed by atoms with E-state index in [1.807, 2.05) is 121 Å². The van der Waals surface area contributed by atoms with Crippen LogP contribution in [0.4, 0.5) is 21.0 Å². The number of rotatable bonds is 32. The Hall–Kier alpha value is -5.62. The Kier molecular flexibility index (Phi) is 27.4. The van der Waals surface area contributed by atoms with Gasteiger partial charge in [-0.1, -0.05) is 265 Å². The van der Waals surface area contributed by atoms with Gasteiger partial charge in [-0.25, -0.2) is 9.59 Å². The number of anilines is 2. The second-order valence-corrected chi connectivity index (χ2v) is 19.4. The zero-order valence-electron chi connectivity index (χ0n) is 43.1. The van der Waals surface area contributed by atoms with Crippen molar-refractivity contribution in [2.24, 2.45) is 0 Å². The van der Waals surface area contributed by atoms with Crippen LogP contribution >= 0.6 is 0 Å². The number of unbranched alkanes of at least 4 members (excludes halogenated alkanes) is 24. The molecule has 0 fully saturated rings. The van der Waals surface area contributed by atoms with Crippen LogP contribution in [0.1, 0.15) is 192 Å². The van der Waals surface area contributed by atoms with Gasteiger partial charge in [0, 0.05) is 10.8 Å². The number of carbonyl (C=O) groups is 2. The summed E-state index contributed by atoms with van der Waals surface area (Å²) < 4.78 is 11.2. The van der Waals surface area contributed by atoms with Crippen molar-refractivity contribution >= 4 is 45.1 Å². The van der Waals surface area contributed by atoms with Crippen LogP contribution in [0.3, 0.4) is 0 Å². The van der Waals surface area contributed by atoms with E-state index in [1.165, 1.54) is 178 Å². The van der Waals surface area contributed by atoms with Gasteiger partial charge in [0.25, 0.3) is 0 Å². The van der Waals surface area contributed by atoms with Gasteiger partial charge in [-0.05, 0) is 84.0 Å². The molecule has 6 aromatic rings. The summed E-state index contributed by atoms with van der Waals surface area (Å²) in [4.78, 5) is 25.0. The number of aryl methyl sites for hydroxylation is 2. The summed E-state index contributed by atoms with van der Waals surface area (Å²) in [7, 11) is 0. The van der Waals surface area contributed by atoms with Crippen molar-refractivity contribution in [3.63, 3.8) is 0 Å². The first-order chi connectivity index (χ1) is 34.5. The average molecular weight is 947 g/mol. The first-order valence-electron chi connectivity index (χ1n) is 27.6. The smallest absolute Gasteiger partial charge is 0.410 e. The first kappa shape index (κ1) is 55.3. The molecular weight excluding hydrogens is 861 g/mol. The third kappa shape index (κ3) is 22.4. The maximum atomic E-state index is 12.5. The van der Waals surface area contributed by atoms with Crippen LogP contribution in [-0.2, 0) is 12.8 Å². The number of amides is 2. The van der Waals surface area contributed by atoms with Gasteiger partial charge >= 0.3 is 12.2 Å². The Bertz CT molecular complexity index is 2180. The quantitative estimate of drug-likeness (QED) is 0.0413.